The normalized spacial score (nSPS) is 12.0. The first-order valence-electron chi connectivity index (χ1n) is 29.7. The van der Waals surface area contributed by atoms with Crippen LogP contribution in [0.3, 0.4) is 0 Å². The zero-order chi connectivity index (χ0) is 48.2. The van der Waals surface area contributed by atoms with Gasteiger partial charge in [-0.05, 0) is 31.1 Å². The van der Waals surface area contributed by atoms with Crippen LogP contribution in [0.1, 0.15) is 336 Å². The lowest BCUT2D eigenvalue weighted by Gasteiger charge is -2.18. The monoisotopic (exact) mass is 933 g/mol. The predicted molar refractivity (Wildman–Crippen MR) is 284 cm³/mol. The average molecular weight is 934 g/mol. The van der Waals surface area contributed by atoms with E-state index in [-0.39, 0.29) is 31.1 Å². The van der Waals surface area contributed by atoms with Gasteiger partial charge < -0.3 is 14.2 Å². The van der Waals surface area contributed by atoms with Crippen molar-refractivity contribution in [3.8, 4) is 0 Å². The number of esters is 3. The van der Waals surface area contributed by atoms with Crippen LogP contribution in [-0.2, 0) is 28.6 Å². The third-order valence-electron chi connectivity index (χ3n) is 13.7. The van der Waals surface area contributed by atoms with Crippen molar-refractivity contribution < 1.29 is 28.6 Å². The summed E-state index contributed by atoms with van der Waals surface area (Å²) in [6, 6.07) is 0. The van der Waals surface area contributed by atoms with Crippen LogP contribution in [0.4, 0.5) is 0 Å². The van der Waals surface area contributed by atoms with E-state index in [2.05, 4.69) is 34.6 Å². The highest BCUT2D eigenvalue weighted by Gasteiger charge is 2.19. The van der Waals surface area contributed by atoms with Gasteiger partial charge in [0.1, 0.15) is 13.2 Å². The summed E-state index contributed by atoms with van der Waals surface area (Å²) in [6.45, 7) is 11.4. The van der Waals surface area contributed by atoms with Crippen molar-refractivity contribution >= 4 is 17.9 Å². The Bertz CT molecular complexity index is 1010. The maximum atomic E-state index is 12.8. The zero-order valence-electron chi connectivity index (χ0n) is 45.3. The van der Waals surface area contributed by atoms with Gasteiger partial charge in [-0.15, -0.1) is 0 Å². The summed E-state index contributed by atoms with van der Waals surface area (Å²) in [5.41, 5.74) is 0. The molecule has 0 aliphatic carbocycles. The summed E-state index contributed by atoms with van der Waals surface area (Å²) in [5.74, 6) is 0.864. The highest BCUT2D eigenvalue weighted by Crippen LogP contribution is 2.18. The molecule has 0 radical (unpaired) electrons. The fourth-order valence-corrected chi connectivity index (χ4v) is 9.23. The molecule has 0 aromatic heterocycles. The van der Waals surface area contributed by atoms with Crippen LogP contribution in [-0.4, -0.2) is 37.2 Å². The second-order valence-corrected chi connectivity index (χ2v) is 21.6. The van der Waals surface area contributed by atoms with E-state index in [1.54, 1.807) is 0 Å². The van der Waals surface area contributed by atoms with Crippen LogP contribution >= 0.6 is 0 Å². The first-order chi connectivity index (χ1) is 32.2. The van der Waals surface area contributed by atoms with Gasteiger partial charge in [0.05, 0.1) is 0 Å². The molecule has 0 saturated carbocycles. The molecule has 6 nitrogen and oxygen atoms in total. The largest absolute Gasteiger partial charge is 0.462 e. The molecule has 0 heterocycles. The lowest BCUT2D eigenvalue weighted by atomic mass is 10.0. The molecular weight excluding hydrogens is 817 g/mol. The molecule has 0 spiro atoms. The minimum absolute atomic E-state index is 0.0624. The zero-order valence-corrected chi connectivity index (χ0v) is 45.3. The van der Waals surface area contributed by atoms with Crippen molar-refractivity contribution in [2.75, 3.05) is 13.2 Å². The third kappa shape index (κ3) is 53.4. The molecule has 0 N–H and O–H groups in total. The highest BCUT2D eigenvalue weighted by molar-refractivity contribution is 5.71. The van der Waals surface area contributed by atoms with Crippen LogP contribution in [0.25, 0.3) is 0 Å². The summed E-state index contributed by atoms with van der Waals surface area (Å²) in [6.07, 6.45) is 56.7. The number of ether oxygens (including phenoxy) is 3. The molecule has 0 bridgehead atoms. The molecule has 392 valence electrons. The van der Waals surface area contributed by atoms with E-state index in [0.29, 0.717) is 19.3 Å². The Balaban J connectivity index is 4.20. The topological polar surface area (TPSA) is 78.9 Å². The van der Waals surface area contributed by atoms with Gasteiger partial charge >= 0.3 is 17.9 Å². The Kier molecular flexibility index (Phi) is 51.5. The Hall–Kier alpha value is -1.59. The van der Waals surface area contributed by atoms with Crippen LogP contribution in [0, 0.1) is 11.8 Å². The van der Waals surface area contributed by atoms with Crippen LogP contribution in [0.5, 0.6) is 0 Å². The van der Waals surface area contributed by atoms with Crippen LogP contribution in [0.2, 0.25) is 0 Å². The number of carbonyl (C=O) groups is 3. The molecule has 0 saturated heterocycles. The van der Waals surface area contributed by atoms with Crippen molar-refractivity contribution in [2.24, 2.45) is 11.8 Å². The molecule has 1 atom stereocenters. The summed E-state index contributed by atoms with van der Waals surface area (Å²) >= 11 is 0. The number of unbranched alkanes of at least 4 members (excludes halogenated alkanes) is 39. The first-order valence-corrected chi connectivity index (χ1v) is 29.7. The van der Waals surface area contributed by atoms with E-state index in [0.717, 1.165) is 69.6 Å². The molecule has 0 aromatic rings. The quantitative estimate of drug-likeness (QED) is 0.0343. The molecule has 0 aliphatic rings. The van der Waals surface area contributed by atoms with E-state index in [9.17, 15) is 14.4 Å². The molecule has 0 fully saturated rings. The molecule has 0 unspecified atom stereocenters. The van der Waals surface area contributed by atoms with Gasteiger partial charge in [-0.25, -0.2) is 0 Å². The molecule has 0 amide bonds. The van der Waals surface area contributed by atoms with Gasteiger partial charge in [-0.1, -0.05) is 298 Å². The van der Waals surface area contributed by atoms with Crippen molar-refractivity contribution in [3.05, 3.63) is 0 Å². The van der Waals surface area contributed by atoms with Crippen molar-refractivity contribution in [2.45, 2.75) is 343 Å². The SMILES string of the molecule is CCCCCCCCCCCCC(=O)OC[C@@H](COC(=O)CCCCCCCCCCCCCCCCCCCCC(C)C)OC(=O)CCCCCCCCCCCCCCCCC(C)C. The van der Waals surface area contributed by atoms with E-state index >= 15 is 0 Å². The molecule has 0 aromatic carbocycles. The van der Waals surface area contributed by atoms with Gasteiger partial charge in [0.2, 0.25) is 0 Å². The lowest BCUT2D eigenvalue weighted by molar-refractivity contribution is -0.167. The fraction of sp³-hybridized carbons (Fsp3) is 0.950. The molecule has 6 heteroatoms. The number of hydrogen-bond acceptors (Lipinski definition) is 6. The van der Waals surface area contributed by atoms with Gasteiger partial charge in [0, 0.05) is 19.3 Å². The van der Waals surface area contributed by atoms with Gasteiger partial charge in [0.15, 0.2) is 6.10 Å². The fourth-order valence-electron chi connectivity index (χ4n) is 9.23. The van der Waals surface area contributed by atoms with Crippen molar-refractivity contribution in [1.82, 2.24) is 0 Å². The number of rotatable bonds is 54. The van der Waals surface area contributed by atoms with E-state index in [1.807, 2.05) is 0 Å². The summed E-state index contributed by atoms with van der Waals surface area (Å²) in [4.78, 5) is 38.1. The smallest absolute Gasteiger partial charge is 0.306 e. The maximum absolute atomic E-state index is 12.8. The predicted octanol–water partition coefficient (Wildman–Crippen LogP) is 19.7. The Morgan fingerprint density at radius 3 is 0.742 bits per heavy atom. The Morgan fingerprint density at radius 1 is 0.288 bits per heavy atom. The number of hydrogen-bond donors (Lipinski definition) is 0. The molecule has 66 heavy (non-hydrogen) atoms. The van der Waals surface area contributed by atoms with Gasteiger partial charge in [-0.2, -0.15) is 0 Å². The highest BCUT2D eigenvalue weighted by atomic mass is 16.6. The van der Waals surface area contributed by atoms with E-state index < -0.39 is 6.10 Å². The third-order valence-corrected chi connectivity index (χ3v) is 13.7. The number of carbonyl (C=O) groups excluding carboxylic acids is 3. The second-order valence-electron chi connectivity index (χ2n) is 21.6. The summed E-state index contributed by atoms with van der Waals surface area (Å²) < 4.78 is 16.9. The van der Waals surface area contributed by atoms with Crippen molar-refractivity contribution in [3.63, 3.8) is 0 Å². The maximum Gasteiger partial charge on any atom is 0.306 e. The van der Waals surface area contributed by atoms with Crippen LogP contribution < -0.4 is 0 Å². The summed E-state index contributed by atoms with van der Waals surface area (Å²) in [5, 5.41) is 0. The molecule has 0 aliphatic heterocycles. The van der Waals surface area contributed by atoms with E-state index in [1.165, 1.54) is 225 Å². The standard InChI is InChI=1S/C60H116O6/c1-6-7-8-9-10-11-30-35-40-45-50-58(61)64-53-57(66-60(63)52-47-42-37-32-27-23-19-18-21-25-29-34-39-44-49-56(4)5)54-65-59(62)51-46-41-36-31-26-22-17-15-13-12-14-16-20-24-28-33-38-43-48-55(2)3/h55-57H,6-54H2,1-5H3/t57-/m0/s1. The minimum Gasteiger partial charge on any atom is -0.462 e. The minimum atomic E-state index is -0.762. The summed E-state index contributed by atoms with van der Waals surface area (Å²) in [7, 11) is 0. The first kappa shape index (κ1) is 64.4. The molecule has 0 rings (SSSR count). The van der Waals surface area contributed by atoms with Gasteiger partial charge in [-0.3, -0.25) is 14.4 Å². The Labute approximate surface area is 412 Å². The average Bonchev–Trinajstić information content (AvgIpc) is 3.29. The van der Waals surface area contributed by atoms with Gasteiger partial charge in [0.25, 0.3) is 0 Å². The lowest BCUT2D eigenvalue weighted by Crippen LogP contribution is -2.30. The molecular formula is C60H116O6. The van der Waals surface area contributed by atoms with E-state index in [4.69, 9.17) is 14.2 Å². The van der Waals surface area contributed by atoms with Crippen LogP contribution in [0.15, 0.2) is 0 Å². The Morgan fingerprint density at radius 2 is 0.500 bits per heavy atom. The van der Waals surface area contributed by atoms with Crippen molar-refractivity contribution in [1.29, 1.82) is 0 Å². The second kappa shape index (κ2) is 52.8.